The van der Waals surface area contributed by atoms with Gasteiger partial charge in [0, 0.05) is 0 Å². The van der Waals surface area contributed by atoms with Crippen LogP contribution in [0.25, 0.3) is 0 Å². The molecule has 0 saturated carbocycles. The molecule has 0 saturated heterocycles. The Kier molecular flexibility index (Phi) is 6.24. The summed E-state index contributed by atoms with van der Waals surface area (Å²) in [7, 11) is 0. The van der Waals surface area contributed by atoms with Crippen molar-refractivity contribution in [1.29, 1.82) is 0 Å². The van der Waals surface area contributed by atoms with E-state index in [1.807, 2.05) is 45.9 Å². The zero-order valence-corrected chi connectivity index (χ0v) is 16.1. The molecule has 1 N–H and O–H groups in total. The fourth-order valence-corrected chi connectivity index (χ4v) is 2.75. The van der Waals surface area contributed by atoms with E-state index in [1.165, 1.54) is 11.1 Å². The Hall–Kier alpha value is -2.29. The van der Waals surface area contributed by atoms with Crippen molar-refractivity contribution in [3.8, 4) is 5.75 Å². The van der Waals surface area contributed by atoms with E-state index in [0.29, 0.717) is 6.42 Å². The van der Waals surface area contributed by atoms with E-state index in [1.54, 1.807) is 0 Å². The van der Waals surface area contributed by atoms with Crippen molar-refractivity contribution in [3.63, 3.8) is 0 Å². The molecule has 1 amide bonds. The molecule has 2 aromatic carbocycles. The molecule has 0 fully saturated rings. The highest BCUT2D eigenvalue weighted by Crippen LogP contribution is 2.23. The van der Waals surface area contributed by atoms with E-state index in [4.69, 9.17) is 4.74 Å². The molecule has 0 aliphatic carbocycles. The minimum absolute atomic E-state index is 0.0527. The number of ether oxygens (including phenoxy) is 1. The van der Waals surface area contributed by atoms with Crippen LogP contribution in [0.15, 0.2) is 36.4 Å². The van der Waals surface area contributed by atoms with E-state index in [9.17, 15) is 4.79 Å². The highest BCUT2D eigenvalue weighted by Gasteiger charge is 2.21. The van der Waals surface area contributed by atoms with Crippen LogP contribution in [0.4, 0.5) is 0 Å². The summed E-state index contributed by atoms with van der Waals surface area (Å²) in [5, 5.41) is 3.08. The van der Waals surface area contributed by atoms with Gasteiger partial charge in [-0.2, -0.15) is 0 Å². The minimum Gasteiger partial charge on any atom is -0.480 e. The van der Waals surface area contributed by atoms with E-state index >= 15 is 0 Å². The van der Waals surface area contributed by atoms with Crippen LogP contribution in [0.3, 0.4) is 0 Å². The summed E-state index contributed by atoms with van der Waals surface area (Å²) in [6.07, 6.45) is 0.133. The fourth-order valence-electron chi connectivity index (χ4n) is 2.75. The molecule has 0 aromatic heterocycles. The van der Waals surface area contributed by atoms with Crippen molar-refractivity contribution in [2.45, 2.75) is 60.1 Å². The van der Waals surface area contributed by atoms with Gasteiger partial charge in [0.1, 0.15) is 5.75 Å². The Morgan fingerprint density at radius 1 is 1.04 bits per heavy atom. The molecule has 3 nitrogen and oxygen atoms in total. The van der Waals surface area contributed by atoms with Crippen molar-refractivity contribution in [2.75, 3.05) is 0 Å². The van der Waals surface area contributed by atoms with Gasteiger partial charge in [-0.05, 0) is 74.9 Å². The molecule has 25 heavy (non-hydrogen) atoms. The van der Waals surface area contributed by atoms with Gasteiger partial charge in [0.15, 0.2) is 6.10 Å². The lowest BCUT2D eigenvalue weighted by molar-refractivity contribution is -0.128. The first-order valence-electron chi connectivity index (χ1n) is 8.93. The van der Waals surface area contributed by atoms with E-state index in [-0.39, 0.29) is 11.9 Å². The van der Waals surface area contributed by atoms with E-state index < -0.39 is 6.10 Å². The highest BCUT2D eigenvalue weighted by atomic mass is 16.5. The number of hydrogen-bond donors (Lipinski definition) is 1. The largest absolute Gasteiger partial charge is 0.480 e. The molecule has 0 bridgehead atoms. The second-order valence-electron chi connectivity index (χ2n) is 6.79. The van der Waals surface area contributed by atoms with Gasteiger partial charge in [-0.15, -0.1) is 0 Å². The number of aryl methyl sites for hydroxylation is 3. The number of rotatable bonds is 6. The summed E-state index contributed by atoms with van der Waals surface area (Å²) >= 11 is 0. The standard InChI is InChI=1S/C22H29NO2/c1-7-20(25-21-10-8-9-15(3)17(21)5)22(24)23-18(6)19-12-11-14(2)16(4)13-19/h8-13,18,20H,7H2,1-6H3,(H,23,24)/t18-,20+/m0/s1. The first-order chi connectivity index (χ1) is 11.8. The molecule has 0 aliphatic rings. The molecule has 2 atom stereocenters. The van der Waals surface area contributed by atoms with Gasteiger partial charge in [0.25, 0.3) is 5.91 Å². The molecule has 2 rings (SSSR count). The van der Waals surface area contributed by atoms with Crippen molar-refractivity contribution >= 4 is 5.91 Å². The van der Waals surface area contributed by atoms with Gasteiger partial charge in [-0.1, -0.05) is 37.3 Å². The number of benzene rings is 2. The van der Waals surface area contributed by atoms with Gasteiger partial charge in [-0.3, -0.25) is 4.79 Å². The number of amides is 1. The van der Waals surface area contributed by atoms with Crippen LogP contribution in [-0.4, -0.2) is 12.0 Å². The summed E-state index contributed by atoms with van der Waals surface area (Å²) in [5.41, 5.74) is 5.84. The molecule has 2 aromatic rings. The third kappa shape index (κ3) is 4.62. The summed E-state index contributed by atoms with van der Waals surface area (Å²) in [5.74, 6) is 0.704. The monoisotopic (exact) mass is 339 g/mol. The molecular formula is C22H29NO2. The normalized spacial score (nSPS) is 13.2. The first-order valence-corrected chi connectivity index (χ1v) is 8.93. The SMILES string of the molecule is CC[C@@H](Oc1cccc(C)c1C)C(=O)N[C@@H](C)c1ccc(C)c(C)c1. The summed E-state index contributed by atoms with van der Waals surface area (Å²) < 4.78 is 6.00. The van der Waals surface area contributed by atoms with E-state index in [2.05, 4.69) is 37.4 Å². The lowest BCUT2D eigenvalue weighted by Crippen LogP contribution is -2.39. The second-order valence-corrected chi connectivity index (χ2v) is 6.79. The van der Waals surface area contributed by atoms with Gasteiger partial charge in [0.2, 0.25) is 0 Å². The third-order valence-corrected chi connectivity index (χ3v) is 4.88. The Bertz CT molecular complexity index is 752. The second kappa shape index (κ2) is 8.19. The van der Waals surface area contributed by atoms with Crippen LogP contribution in [-0.2, 0) is 4.79 Å². The molecular weight excluding hydrogens is 310 g/mol. The number of carbonyl (C=O) groups excluding carboxylic acids is 1. The van der Waals surface area contributed by atoms with Gasteiger partial charge in [-0.25, -0.2) is 0 Å². The fraction of sp³-hybridized carbons (Fsp3) is 0.409. The zero-order valence-electron chi connectivity index (χ0n) is 16.1. The van der Waals surface area contributed by atoms with Crippen LogP contribution in [0.5, 0.6) is 5.75 Å². The number of hydrogen-bond acceptors (Lipinski definition) is 2. The smallest absolute Gasteiger partial charge is 0.261 e. The van der Waals surface area contributed by atoms with Crippen LogP contribution in [0, 0.1) is 27.7 Å². The third-order valence-electron chi connectivity index (χ3n) is 4.88. The quantitative estimate of drug-likeness (QED) is 0.808. The van der Waals surface area contributed by atoms with Crippen LogP contribution >= 0.6 is 0 Å². The minimum atomic E-state index is -0.491. The van der Waals surface area contributed by atoms with Gasteiger partial charge >= 0.3 is 0 Å². The summed E-state index contributed by atoms with van der Waals surface area (Å²) in [4.78, 5) is 12.7. The highest BCUT2D eigenvalue weighted by molar-refractivity contribution is 5.81. The Morgan fingerprint density at radius 3 is 2.40 bits per heavy atom. The molecule has 134 valence electrons. The molecule has 3 heteroatoms. The van der Waals surface area contributed by atoms with Crippen LogP contribution < -0.4 is 10.1 Å². The van der Waals surface area contributed by atoms with Gasteiger partial charge in [0.05, 0.1) is 6.04 Å². The molecule has 0 heterocycles. The summed E-state index contributed by atoms with van der Waals surface area (Å²) in [6, 6.07) is 12.2. The van der Waals surface area contributed by atoms with Crippen molar-refractivity contribution in [1.82, 2.24) is 5.32 Å². The number of nitrogens with one attached hydrogen (secondary N) is 1. The maximum absolute atomic E-state index is 12.7. The lowest BCUT2D eigenvalue weighted by Gasteiger charge is -2.22. The predicted octanol–water partition coefficient (Wildman–Crippen LogP) is 4.96. The number of carbonyl (C=O) groups is 1. The molecule has 0 unspecified atom stereocenters. The topological polar surface area (TPSA) is 38.3 Å². The van der Waals surface area contributed by atoms with Gasteiger partial charge < -0.3 is 10.1 Å². The lowest BCUT2D eigenvalue weighted by atomic mass is 10.0. The maximum atomic E-state index is 12.7. The van der Waals surface area contributed by atoms with Crippen LogP contribution in [0.2, 0.25) is 0 Å². The van der Waals surface area contributed by atoms with Crippen molar-refractivity contribution < 1.29 is 9.53 Å². The Labute approximate surface area is 151 Å². The van der Waals surface area contributed by atoms with Crippen molar-refractivity contribution in [2.24, 2.45) is 0 Å². The summed E-state index contributed by atoms with van der Waals surface area (Å²) in [6.45, 7) is 12.2. The zero-order chi connectivity index (χ0) is 18.6. The van der Waals surface area contributed by atoms with Crippen molar-refractivity contribution in [3.05, 3.63) is 64.2 Å². The predicted molar refractivity (Wildman–Crippen MR) is 103 cm³/mol. The van der Waals surface area contributed by atoms with Crippen LogP contribution in [0.1, 0.15) is 54.1 Å². The average molecular weight is 339 g/mol. The average Bonchev–Trinajstić information content (AvgIpc) is 2.58. The molecule has 0 spiro atoms. The first kappa shape index (κ1) is 19.0. The maximum Gasteiger partial charge on any atom is 0.261 e. The molecule has 0 aliphatic heterocycles. The Morgan fingerprint density at radius 2 is 1.76 bits per heavy atom. The van der Waals surface area contributed by atoms with E-state index in [0.717, 1.165) is 22.4 Å². The molecule has 0 radical (unpaired) electrons. The Balaban J connectivity index is 2.08.